The molecular weight excluding hydrogens is 541 g/mol. The van der Waals surface area contributed by atoms with Crippen molar-refractivity contribution in [1.82, 2.24) is 4.98 Å². The van der Waals surface area contributed by atoms with Crippen LogP contribution < -0.4 is 14.4 Å². The number of benzene rings is 3. The first-order valence-electron chi connectivity index (χ1n) is 12.5. The molecule has 1 heterocycles. The van der Waals surface area contributed by atoms with Crippen LogP contribution in [0.2, 0.25) is 0 Å². The number of alkyl halides is 3. The number of carboxylic acid groups (broad SMARTS) is 1. The Bertz CT molecular complexity index is 1440. The number of halogens is 3. The lowest BCUT2D eigenvalue weighted by atomic mass is 10.1. The van der Waals surface area contributed by atoms with Gasteiger partial charge in [0.15, 0.2) is 10.7 Å². The van der Waals surface area contributed by atoms with Crippen molar-refractivity contribution in [3.05, 3.63) is 94.9 Å². The van der Waals surface area contributed by atoms with Crippen LogP contribution in [0.25, 0.3) is 11.3 Å². The number of hydrogen-bond acceptors (Lipinski definition) is 6. The zero-order valence-electron chi connectivity index (χ0n) is 22.2. The fraction of sp³-hybridized carbons (Fsp3) is 0.267. The fourth-order valence-corrected chi connectivity index (χ4v) is 4.70. The molecule has 0 aliphatic heterocycles. The molecule has 10 heteroatoms. The van der Waals surface area contributed by atoms with Crippen LogP contribution in [0.15, 0.2) is 78.2 Å². The standard InChI is InChI=1S/C30H29F3N2O4S/c1-20-17-24(13-14-26(20)39-29(2,3)27(36)37)38-16-15-35(18-21-7-5-4-6-8-21)28-34-25(19-40-28)22-9-11-23(12-10-22)30(31,32)33/h4-14,17,19H,15-16,18H2,1-3H3,(H,36,37). The summed E-state index contributed by atoms with van der Waals surface area (Å²) in [7, 11) is 0. The SMILES string of the molecule is Cc1cc(OCCN(Cc2ccccc2)c2nc(-c3ccc(C(F)(F)F)cc3)cs2)ccc1OC(C)(C)C(=O)O. The third kappa shape index (κ3) is 7.32. The third-order valence-electron chi connectivity index (χ3n) is 6.14. The molecule has 40 heavy (non-hydrogen) atoms. The summed E-state index contributed by atoms with van der Waals surface area (Å²) in [5.74, 6) is 0.0145. The van der Waals surface area contributed by atoms with E-state index in [9.17, 15) is 23.1 Å². The molecule has 0 bridgehead atoms. The Morgan fingerprint density at radius 2 is 1.73 bits per heavy atom. The van der Waals surface area contributed by atoms with E-state index in [4.69, 9.17) is 14.5 Å². The molecule has 210 valence electrons. The summed E-state index contributed by atoms with van der Waals surface area (Å²) >= 11 is 1.41. The van der Waals surface area contributed by atoms with Crippen molar-refractivity contribution >= 4 is 22.4 Å². The quantitative estimate of drug-likeness (QED) is 0.202. The number of thiazole rings is 1. The first kappa shape index (κ1) is 28.9. The van der Waals surface area contributed by atoms with Crippen LogP contribution in [0.4, 0.5) is 18.3 Å². The normalized spacial score (nSPS) is 11.8. The van der Waals surface area contributed by atoms with Gasteiger partial charge >= 0.3 is 12.1 Å². The number of aryl methyl sites for hydroxylation is 1. The van der Waals surface area contributed by atoms with Gasteiger partial charge in [0.25, 0.3) is 0 Å². The van der Waals surface area contributed by atoms with E-state index >= 15 is 0 Å². The Kier molecular flexibility index (Phi) is 8.68. The molecule has 0 amide bonds. The lowest BCUT2D eigenvalue weighted by Crippen LogP contribution is -2.38. The van der Waals surface area contributed by atoms with E-state index in [1.54, 1.807) is 18.2 Å². The fourth-order valence-electron chi connectivity index (χ4n) is 3.84. The number of aliphatic carboxylic acids is 1. The Morgan fingerprint density at radius 3 is 2.35 bits per heavy atom. The number of hydrogen-bond donors (Lipinski definition) is 1. The van der Waals surface area contributed by atoms with Gasteiger partial charge in [-0.15, -0.1) is 11.3 Å². The monoisotopic (exact) mass is 570 g/mol. The molecule has 4 aromatic rings. The van der Waals surface area contributed by atoms with Gasteiger partial charge in [-0.3, -0.25) is 0 Å². The minimum atomic E-state index is -4.39. The maximum absolute atomic E-state index is 13.0. The highest BCUT2D eigenvalue weighted by molar-refractivity contribution is 7.14. The van der Waals surface area contributed by atoms with Gasteiger partial charge in [0.1, 0.15) is 18.1 Å². The molecule has 3 aromatic carbocycles. The van der Waals surface area contributed by atoms with E-state index in [0.29, 0.717) is 42.5 Å². The van der Waals surface area contributed by atoms with Gasteiger partial charge in [-0.2, -0.15) is 13.2 Å². The minimum Gasteiger partial charge on any atom is -0.492 e. The number of carbonyl (C=O) groups is 1. The van der Waals surface area contributed by atoms with Gasteiger partial charge < -0.3 is 19.5 Å². The summed E-state index contributed by atoms with van der Waals surface area (Å²) < 4.78 is 50.5. The van der Waals surface area contributed by atoms with Crippen molar-refractivity contribution in [2.24, 2.45) is 0 Å². The van der Waals surface area contributed by atoms with Crippen molar-refractivity contribution in [2.45, 2.75) is 39.1 Å². The molecule has 0 spiro atoms. The van der Waals surface area contributed by atoms with Crippen molar-refractivity contribution in [2.75, 3.05) is 18.1 Å². The van der Waals surface area contributed by atoms with E-state index < -0.39 is 23.3 Å². The van der Waals surface area contributed by atoms with Crippen LogP contribution >= 0.6 is 11.3 Å². The zero-order chi connectivity index (χ0) is 28.9. The van der Waals surface area contributed by atoms with Crippen molar-refractivity contribution < 1.29 is 32.5 Å². The van der Waals surface area contributed by atoms with Gasteiger partial charge in [0.05, 0.1) is 17.8 Å². The summed E-state index contributed by atoms with van der Waals surface area (Å²) in [6.45, 7) is 6.20. The molecule has 1 N–H and O–H groups in total. The van der Waals surface area contributed by atoms with Crippen molar-refractivity contribution in [3.8, 4) is 22.8 Å². The minimum absolute atomic E-state index is 0.336. The number of carboxylic acids is 1. The molecule has 0 atom stereocenters. The highest BCUT2D eigenvalue weighted by atomic mass is 32.1. The first-order chi connectivity index (χ1) is 18.9. The van der Waals surface area contributed by atoms with E-state index in [1.807, 2.05) is 42.6 Å². The van der Waals surface area contributed by atoms with E-state index in [1.165, 1.54) is 37.3 Å². The molecular formula is C30H29F3N2O4S. The summed E-state index contributed by atoms with van der Waals surface area (Å²) in [6, 6.07) is 20.1. The van der Waals surface area contributed by atoms with Crippen LogP contribution in [-0.4, -0.2) is 34.8 Å². The topological polar surface area (TPSA) is 71.9 Å². The van der Waals surface area contributed by atoms with Gasteiger partial charge in [-0.25, -0.2) is 9.78 Å². The smallest absolute Gasteiger partial charge is 0.416 e. The van der Waals surface area contributed by atoms with Crippen LogP contribution in [-0.2, 0) is 17.5 Å². The molecule has 0 radical (unpaired) electrons. The molecule has 6 nitrogen and oxygen atoms in total. The lowest BCUT2D eigenvalue weighted by molar-refractivity contribution is -0.152. The average Bonchev–Trinajstić information content (AvgIpc) is 3.40. The van der Waals surface area contributed by atoms with Crippen LogP contribution in [0.1, 0.15) is 30.5 Å². The highest BCUT2D eigenvalue weighted by Crippen LogP contribution is 2.33. The number of aromatic nitrogens is 1. The molecule has 0 saturated heterocycles. The number of anilines is 1. The van der Waals surface area contributed by atoms with Gasteiger partial charge in [-0.05, 0) is 62.2 Å². The Balaban J connectivity index is 1.46. The number of nitrogens with zero attached hydrogens (tertiary/aromatic N) is 2. The molecule has 0 aliphatic rings. The third-order valence-corrected chi connectivity index (χ3v) is 7.04. The van der Waals surface area contributed by atoms with Crippen molar-refractivity contribution in [3.63, 3.8) is 0 Å². The molecule has 1 aromatic heterocycles. The predicted octanol–water partition coefficient (Wildman–Crippen LogP) is 7.46. The lowest BCUT2D eigenvalue weighted by Gasteiger charge is -2.24. The molecule has 4 rings (SSSR count). The van der Waals surface area contributed by atoms with Gasteiger partial charge in [0.2, 0.25) is 0 Å². The highest BCUT2D eigenvalue weighted by Gasteiger charge is 2.31. The second kappa shape index (κ2) is 12.0. The van der Waals surface area contributed by atoms with E-state index in [0.717, 1.165) is 28.4 Å². The Labute approximate surface area is 234 Å². The Hall–Kier alpha value is -4.05. The van der Waals surface area contributed by atoms with E-state index in [-0.39, 0.29) is 0 Å². The number of rotatable bonds is 11. The second-order valence-electron chi connectivity index (χ2n) is 9.69. The average molecular weight is 571 g/mol. The molecule has 0 aliphatic carbocycles. The maximum Gasteiger partial charge on any atom is 0.416 e. The molecule has 0 fully saturated rings. The first-order valence-corrected chi connectivity index (χ1v) is 13.4. The maximum atomic E-state index is 13.0. The summed E-state index contributed by atoms with van der Waals surface area (Å²) in [5.41, 5.74) is 0.965. The van der Waals surface area contributed by atoms with E-state index in [2.05, 4.69) is 4.90 Å². The zero-order valence-corrected chi connectivity index (χ0v) is 23.1. The summed E-state index contributed by atoms with van der Waals surface area (Å²) in [4.78, 5) is 18.2. The summed E-state index contributed by atoms with van der Waals surface area (Å²) in [5, 5.41) is 11.9. The molecule has 0 unspecified atom stereocenters. The van der Waals surface area contributed by atoms with Crippen molar-refractivity contribution in [1.29, 1.82) is 0 Å². The molecule has 0 saturated carbocycles. The van der Waals surface area contributed by atoms with Gasteiger partial charge in [0, 0.05) is 17.5 Å². The summed E-state index contributed by atoms with van der Waals surface area (Å²) in [6.07, 6.45) is -4.39. The predicted molar refractivity (Wildman–Crippen MR) is 149 cm³/mol. The number of ether oxygens (including phenoxy) is 2. The second-order valence-corrected chi connectivity index (χ2v) is 10.5. The van der Waals surface area contributed by atoms with Crippen LogP contribution in [0.3, 0.4) is 0 Å². The Morgan fingerprint density at radius 1 is 1.02 bits per heavy atom. The van der Waals surface area contributed by atoms with Crippen LogP contribution in [0, 0.1) is 6.92 Å². The van der Waals surface area contributed by atoms with Gasteiger partial charge in [-0.1, -0.05) is 42.5 Å². The van der Waals surface area contributed by atoms with Crippen LogP contribution in [0.5, 0.6) is 11.5 Å². The largest absolute Gasteiger partial charge is 0.492 e.